The lowest BCUT2D eigenvalue weighted by atomic mass is 10.0. The zero-order valence-electron chi connectivity index (χ0n) is 22.6. The number of carbonyl (C=O) groups is 1. The van der Waals surface area contributed by atoms with Crippen LogP contribution in [-0.4, -0.2) is 25.6 Å². The fourth-order valence-corrected chi connectivity index (χ4v) is 5.86. The molecule has 5 aromatic rings. The van der Waals surface area contributed by atoms with E-state index in [1.54, 1.807) is 12.1 Å². The van der Waals surface area contributed by atoms with Gasteiger partial charge in [-0.25, -0.2) is 14.8 Å². The van der Waals surface area contributed by atoms with Crippen molar-refractivity contribution >= 4 is 28.5 Å². The van der Waals surface area contributed by atoms with Crippen molar-refractivity contribution in [3.05, 3.63) is 118 Å². The number of rotatable bonds is 6. The normalized spacial score (nSPS) is 12.7. The molecule has 3 heterocycles. The first-order chi connectivity index (χ1) is 18.9. The van der Waals surface area contributed by atoms with E-state index < -0.39 is 5.97 Å². The summed E-state index contributed by atoms with van der Waals surface area (Å²) < 4.78 is 2.25. The summed E-state index contributed by atoms with van der Waals surface area (Å²) in [5, 5.41) is 9.82. The second-order valence-corrected chi connectivity index (χ2v) is 10.4. The van der Waals surface area contributed by atoms with Crippen LogP contribution >= 0.6 is 0 Å². The van der Waals surface area contributed by atoms with E-state index in [0.29, 0.717) is 18.7 Å². The second-order valence-electron chi connectivity index (χ2n) is 10.4. The maximum absolute atomic E-state index is 12.0. The van der Waals surface area contributed by atoms with Crippen molar-refractivity contribution in [2.24, 2.45) is 0 Å². The second kappa shape index (κ2) is 10.0. The summed E-state index contributed by atoms with van der Waals surface area (Å²) in [7, 11) is 0. The molecule has 0 amide bonds. The summed E-state index contributed by atoms with van der Waals surface area (Å²) >= 11 is 0. The van der Waals surface area contributed by atoms with E-state index in [0.717, 1.165) is 64.4 Å². The van der Waals surface area contributed by atoms with Gasteiger partial charge < -0.3 is 14.6 Å². The SMILES string of the molecule is CCc1nc2c(C)cc(C)nc2n1Cc1ccc2c(c1)CCc1ccccc1N2Cc1ccccc1C(=O)O. The summed E-state index contributed by atoms with van der Waals surface area (Å²) in [5.41, 5.74) is 11.2. The molecule has 0 aliphatic carbocycles. The van der Waals surface area contributed by atoms with E-state index in [-0.39, 0.29) is 0 Å². The summed E-state index contributed by atoms with van der Waals surface area (Å²) in [4.78, 5) is 24.0. The van der Waals surface area contributed by atoms with Crippen molar-refractivity contribution in [1.29, 1.82) is 0 Å². The Morgan fingerprint density at radius 2 is 1.62 bits per heavy atom. The molecule has 0 saturated carbocycles. The third kappa shape index (κ3) is 4.56. The largest absolute Gasteiger partial charge is 0.478 e. The first-order valence-electron chi connectivity index (χ1n) is 13.5. The van der Waals surface area contributed by atoms with Gasteiger partial charge in [-0.15, -0.1) is 0 Å². The fraction of sp³-hybridized carbons (Fsp3) is 0.242. The van der Waals surface area contributed by atoms with Crippen LogP contribution in [-0.2, 0) is 32.4 Å². The molecule has 39 heavy (non-hydrogen) atoms. The van der Waals surface area contributed by atoms with Crippen LogP contribution in [0.4, 0.5) is 11.4 Å². The van der Waals surface area contributed by atoms with Crippen LogP contribution in [0.1, 0.15) is 56.6 Å². The van der Waals surface area contributed by atoms with Gasteiger partial charge in [0, 0.05) is 30.0 Å². The number of benzene rings is 3. The number of nitrogens with zero attached hydrogens (tertiary/aromatic N) is 4. The first-order valence-corrected chi connectivity index (χ1v) is 13.5. The predicted molar refractivity (Wildman–Crippen MR) is 155 cm³/mol. The molecule has 6 nitrogen and oxygen atoms in total. The average molecular weight is 517 g/mol. The quantitative estimate of drug-likeness (QED) is 0.269. The summed E-state index contributed by atoms with van der Waals surface area (Å²) in [6, 6.07) is 24.5. The third-order valence-electron chi connectivity index (χ3n) is 7.72. The Morgan fingerprint density at radius 3 is 2.44 bits per heavy atom. The van der Waals surface area contributed by atoms with Crippen LogP contribution in [0.25, 0.3) is 11.2 Å². The van der Waals surface area contributed by atoms with Crippen molar-refractivity contribution in [2.75, 3.05) is 4.90 Å². The Kier molecular flexibility index (Phi) is 6.39. The number of aromatic carboxylic acids is 1. The molecule has 1 aliphatic heterocycles. The molecule has 0 radical (unpaired) electrons. The molecule has 0 bridgehead atoms. The smallest absolute Gasteiger partial charge is 0.336 e. The maximum atomic E-state index is 12.0. The molecule has 6 rings (SSSR count). The molecule has 0 spiro atoms. The molecule has 0 fully saturated rings. The van der Waals surface area contributed by atoms with Gasteiger partial charge in [-0.05, 0) is 78.8 Å². The molecular formula is C33H32N4O2. The highest BCUT2D eigenvalue weighted by molar-refractivity contribution is 5.89. The number of imidazole rings is 1. The van der Waals surface area contributed by atoms with Gasteiger partial charge in [-0.1, -0.05) is 55.5 Å². The van der Waals surface area contributed by atoms with Gasteiger partial charge in [-0.3, -0.25) is 0 Å². The highest BCUT2D eigenvalue weighted by Gasteiger charge is 2.23. The highest BCUT2D eigenvalue weighted by Crippen LogP contribution is 2.38. The number of aromatic nitrogens is 3. The molecule has 0 unspecified atom stereocenters. The number of hydrogen-bond donors (Lipinski definition) is 1. The first kappa shape index (κ1) is 24.9. The summed E-state index contributed by atoms with van der Waals surface area (Å²) in [6.07, 6.45) is 2.68. The monoisotopic (exact) mass is 516 g/mol. The maximum Gasteiger partial charge on any atom is 0.336 e. The molecule has 0 saturated heterocycles. The molecule has 6 heteroatoms. The molecule has 1 N–H and O–H groups in total. The lowest BCUT2D eigenvalue weighted by molar-refractivity contribution is 0.0695. The zero-order valence-corrected chi connectivity index (χ0v) is 22.6. The topological polar surface area (TPSA) is 71.2 Å². The Balaban J connectivity index is 1.42. The Hall–Kier alpha value is -4.45. The average Bonchev–Trinajstić information content (AvgIpc) is 3.20. The number of carboxylic acid groups (broad SMARTS) is 1. The van der Waals surface area contributed by atoms with Gasteiger partial charge in [-0.2, -0.15) is 0 Å². The van der Waals surface area contributed by atoms with Crippen molar-refractivity contribution in [2.45, 2.75) is 53.1 Å². The third-order valence-corrected chi connectivity index (χ3v) is 7.72. The van der Waals surface area contributed by atoms with Gasteiger partial charge in [0.2, 0.25) is 0 Å². The van der Waals surface area contributed by atoms with Gasteiger partial charge in [0.25, 0.3) is 0 Å². The Morgan fingerprint density at radius 1 is 0.872 bits per heavy atom. The van der Waals surface area contributed by atoms with Crippen molar-refractivity contribution in [3.8, 4) is 0 Å². The fourth-order valence-electron chi connectivity index (χ4n) is 5.86. The van der Waals surface area contributed by atoms with Crippen LogP contribution in [0.15, 0.2) is 72.8 Å². The minimum absolute atomic E-state index is 0.342. The number of pyridine rings is 1. The number of para-hydroxylation sites is 1. The Labute approximate surface area is 228 Å². The number of anilines is 2. The number of aryl methyl sites for hydroxylation is 5. The molecule has 0 atom stereocenters. The van der Waals surface area contributed by atoms with E-state index in [1.165, 1.54) is 16.7 Å². The van der Waals surface area contributed by atoms with Gasteiger partial charge in [0.05, 0.1) is 12.1 Å². The van der Waals surface area contributed by atoms with Crippen LogP contribution in [0.3, 0.4) is 0 Å². The lowest BCUT2D eigenvalue weighted by Crippen LogP contribution is -2.20. The molecule has 196 valence electrons. The lowest BCUT2D eigenvalue weighted by Gasteiger charge is -2.28. The van der Waals surface area contributed by atoms with Crippen molar-refractivity contribution in [3.63, 3.8) is 0 Å². The van der Waals surface area contributed by atoms with Gasteiger partial charge in [0.15, 0.2) is 5.65 Å². The minimum atomic E-state index is -0.900. The van der Waals surface area contributed by atoms with E-state index in [9.17, 15) is 9.90 Å². The molecular weight excluding hydrogens is 484 g/mol. The molecule has 3 aromatic carbocycles. The number of hydrogen-bond acceptors (Lipinski definition) is 4. The van der Waals surface area contributed by atoms with E-state index in [4.69, 9.17) is 9.97 Å². The van der Waals surface area contributed by atoms with Crippen molar-refractivity contribution < 1.29 is 9.90 Å². The van der Waals surface area contributed by atoms with Crippen LogP contribution < -0.4 is 4.90 Å². The summed E-state index contributed by atoms with van der Waals surface area (Å²) in [5.74, 6) is 0.142. The standard InChI is InChI=1S/C33H32N4O2/c1-4-30-35-31-21(2)17-22(3)34-32(31)37(30)19-23-13-16-29-25(18-23)15-14-24-9-6-8-12-28(24)36(29)20-26-10-5-7-11-27(26)33(38)39/h5-13,16-18H,4,14-15,19-20H2,1-3H3,(H,38,39). The highest BCUT2D eigenvalue weighted by atomic mass is 16.4. The number of carboxylic acids is 1. The van der Waals surface area contributed by atoms with E-state index in [2.05, 4.69) is 71.8 Å². The predicted octanol–water partition coefficient (Wildman–Crippen LogP) is 6.79. The Bertz CT molecular complexity index is 1720. The summed E-state index contributed by atoms with van der Waals surface area (Å²) in [6.45, 7) is 7.47. The van der Waals surface area contributed by atoms with Crippen LogP contribution in [0, 0.1) is 13.8 Å². The van der Waals surface area contributed by atoms with E-state index >= 15 is 0 Å². The zero-order chi connectivity index (χ0) is 27.1. The van der Waals surface area contributed by atoms with Gasteiger partial charge in [0.1, 0.15) is 11.3 Å². The minimum Gasteiger partial charge on any atom is -0.478 e. The van der Waals surface area contributed by atoms with E-state index in [1.807, 2.05) is 19.1 Å². The molecule has 1 aliphatic rings. The van der Waals surface area contributed by atoms with Crippen LogP contribution in [0.5, 0.6) is 0 Å². The molecule has 2 aromatic heterocycles. The van der Waals surface area contributed by atoms with Gasteiger partial charge >= 0.3 is 5.97 Å². The van der Waals surface area contributed by atoms with Crippen LogP contribution in [0.2, 0.25) is 0 Å². The number of fused-ring (bicyclic) bond motifs is 3. The van der Waals surface area contributed by atoms with Crippen molar-refractivity contribution in [1.82, 2.24) is 14.5 Å².